The van der Waals surface area contributed by atoms with Gasteiger partial charge in [0.2, 0.25) is 5.90 Å². The SMILES string of the molecule is CC1(C)COC(c2cn3c(n2)sc2ccccc23)=N1. The van der Waals surface area contributed by atoms with E-state index in [-0.39, 0.29) is 5.54 Å². The fourth-order valence-electron chi connectivity index (χ4n) is 2.27. The zero-order chi connectivity index (χ0) is 13.0. The van der Waals surface area contributed by atoms with Gasteiger partial charge < -0.3 is 4.74 Å². The zero-order valence-electron chi connectivity index (χ0n) is 10.8. The third-order valence-electron chi connectivity index (χ3n) is 3.19. The van der Waals surface area contributed by atoms with Crippen LogP contribution in [0.2, 0.25) is 0 Å². The Balaban J connectivity index is 1.89. The third-order valence-corrected chi connectivity index (χ3v) is 4.22. The molecule has 1 aliphatic rings. The lowest BCUT2D eigenvalue weighted by Crippen LogP contribution is -2.17. The molecule has 4 rings (SSSR count). The number of nitrogens with zero attached hydrogens (tertiary/aromatic N) is 3. The zero-order valence-corrected chi connectivity index (χ0v) is 11.6. The van der Waals surface area contributed by atoms with Gasteiger partial charge in [-0.1, -0.05) is 23.5 Å². The topological polar surface area (TPSA) is 38.9 Å². The van der Waals surface area contributed by atoms with Gasteiger partial charge >= 0.3 is 0 Å². The van der Waals surface area contributed by atoms with Crippen LogP contribution >= 0.6 is 11.3 Å². The van der Waals surface area contributed by atoms with Crippen LogP contribution in [0.25, 0.3) is 15.2 Å². The molecule has 0 bridgehead atoms. The molecule has 0 amide bonds. The molecule has 0 fully saturated rings. The van der Waals surface area contributed by atoms with Crippen molar-refractivity contribution >= 4 is 32.4 Å². The van der Waals surface area contributed by atoms with Gasteiger partial charge in [-0.25, -0.2) is 9.98 Å². The smallest absolute Gasteiger partial charge is 0.237 e. The lowest BCUT2D eigenvalue weighted by Gasteiger charge is -2.07. The van der Waals surface area contributed by atoms with Gasteiger partial charge in [0.1, 0.15) is 12.3 Å². The highest BCUT2D eigenvalue weighted by Gasteiger charge is 2.28. The molecule has 0 saturated heterocycles. The van der Waals surface area contributed by atoms with Gasteiger partial charge in [0.15, 0.2) is 4.96 Å². The van der Waals surface area contributed by atoms with Crippen LogP contribution < -0.4 is 0 Å². The van der Waals surface area contributed by atoms with Crippen LogP contribution in [-0.2, 0) is 4.74 Å². The molecule has 0 unspecified atom stereocenters. The standard InChI is InChI=1S/C14H13N3OS/c1-14(2)8-18-12(16-14)9-7-17-10-5-3-4-6-11(10)19-13(17)15-9/h3-7H,8H2,1-2H3. The van der Waals surface area contributed by atoms with Gasteiger partial charge in [0, 0.05) is 6.20 Å². The van der Waals surface area contributed by atoms with Crippen LogP contribution in [0.15, 0.2) is 35.5 Å². The summed E-state index contributed by atoms with van der Waals surface area (Å²) in [6.07, 6.45) is 2.01. The number of imidazole rings is 1. The third kappa shape index (κ3) is 1.65. The normalized spacial score (nSPS) is 17.9. The summed E-state index contributed by atoms with van der Waals surface area (Å²) in [5, 5.41) is 0. The summed E-state index contributed by atoms with van der Waals surface area (Å²) in [6, 6.07) is 8.30. The van der Waals surface area contributed by atoms with E-state index >= 15 is 0 Å². The van der Waals surface area contributed by atoms with E-state index in [1.54, 1.807) is 11.3 Å². The van der Waals surface area contributed by atoms with Crippen LogP contribution in [0.1, 0.15) is 19.5 Å². The second-order valence-electron chi connectivity index (χ2n) is 5.37. The lowest BCUT2D eigenvalue weighted by molar-refractivity contribution is 0.279. The van der Waals surface area contributed by atoms with Gasteiger partial charge in [0.05, 0.1) is 15.8 Å². The van der Waals surface area contributed by atoms with Crippen LogP contribution in [0.5, 0.6) is 0 Å². The first kappa shape index (κ1) is 11.0. The molecular weight excluding hydrogens is 258 g/mol. The summed E-state index contributed by atoms with van der Waals surface area (Å²) in [4.78, 5) is 10.2. The number of fused-ring (bicyclic) bond motifs is 3. The lowest BCUT2D eigenvalue weighted by atomic mass is 10.1. The molecule has 3 aromatic rings. The molecule has 0 N–H and O–H groups in total. The number of aromatic nitrogens is 2. The molecule has 0 aliphatic carbocycles. The molecule has 0 atom stereocenters. The minimum absolute atomic E-state index is 0.144. The summed E-state index contributed by atoms with van der Waals surface area (Å²) >= 11 is 1.68. The van der Waals surface area contributed by atoms with Crippen LogP contribution in [-0.4, -0.2) is 27.4 Å². The quantitative estimate of drug-likeness (QED) is 0.682. The largest absolute Gasteiger partial charge is 0.474 e. The van der Waals surface area contributed by atoms with E-state index in [0.29, 0.717) is 12.5 Å². The van der Waals surface area contributed by atoms with E-state index in [4.69, 9.17) is 4.74 Å². The molecule has 96 valence electrons. The molecule has 0 radical (unpaired) electrons. The molecule has 19 heavy (non-hydrogen) atoms. The van der Waals surface area contributed by atoms with Gasteiger partial charge in [-0.05, 0) is 26.0 Å². The van der Waals surface area contributed by atoms with Crippen molar-refractivity contribution in [2.75, 3.05) is 6.61 Å². The van der Waals surface area contributed by atoms with E-state index in [9.17, 15) is 0 Å². The minimum Gasteiger partial charge on any atom is -0.474 e. The van der Waals surface area contributed by atoms with Crippen molar-refractivity contribution in [1.29, 1.82) is 0 Å². The summed E-state index contributed by atoms with van der Waals surface area (Å²) in [7, 11) is 0. The summed E-state index contributed by atoms with van der Waals surface area (Å²) < 4.78 is 8.99. The van der Waals surface area contributed by atoms with Crippen LogP contribution in [0.3, 0.4) is 0 Å². The fraction of sp³-hybridized carbons (Fsp3) is 0.286. The summed E-state index contributed by atoms with van der Waals surface area (Å²) in [5.74, 6) is 0.657. The maximum atomic E-state index is 5.64. The predicted molar refractivity (Wildman–Crippen MR) is 77.1 cm³/mol. The first-order chi connectivity index (χ1) is 9.12. The van der Waals surface area contributed by atoms with Gasteiger partial charge in [-0.2, -0.15) is 0 Å². The van der Waals surface area contributed by atoms with Crippen molar-refractivity contribution < 1.29 is 4.74 Å². The van der Waals surface area contributed by atoms with Crippen molar-refractivity contribution in [3.8, 4) is 0 Å². The average molecular weight is 271 g/mol. The van der Waals surface area contributed by atoms with E-state index in [0.717, 1.165) is 10.7 Å². The van der Waals surface area contributed by atoms with Gasteiger partial charge in [0.25, 0.3) is 0 Å². The molecule has 3 heterocycles. The van der Waals surface area contributed by atoms with Crippen LogP contribution in [0.4, 0.5) is 0 Å². The van der Waals surface area contributed by atoms with Gasteiger partial charge in [-0.3, -0.25) is 4.40 Å². The number of benzene rings is 1. The predicted octanol–water partition coefficient (Wildman–Crippen LogP) is 3.10. The molecule has 0 saturated carbocycles. The van der Waals surface area contributed by atoms with Crippen molar-refractivity contribution in [3.05, 3.63) is 36.2 Å². The number of rotatable bonds is 1. The second kappa shape index (κ2) is 3.57. The minimum atomic E-state index is -0.144. The first-order valence-corrected chi connectivity index (χ1v) is 7.04. The number of hydrogen-bond donors (Lipinski definition) is 0. The number of aliphatic imine (C=N–C) groups is 1. The molecule has 2 aromatic heterocycles. The Hall–Kier alpha value is -1.88. The first-order valence-electron chi connectivity index (χ1n) is 6.22. The second-order valence-corrected chi connectivity index (χ2v) is 6.38. The van der Waals surface area contributed by atoms with E-state index in [1.807, 2.05) is 18.3 Å². The van der Waals surface area contributed by atoms with E-state index in [2.05, 4.69) is 40.4 Å². The number of thiazole rings is 1. The molecule has 0 spiro atoms. The number of ether oxygens (including phenoxy) is 1. The van der Waals surface area contributed by atoms with Crippen molar-refractivity contribution in [2.45, 2.75) is 19.4 Å². The maximum absolute atomic E-state index is 5.64. The summed E-state index contributed by atoms with van der Waals surface area (Å²) in [5.41, 5.74) is 1.86. The number of para-hydroxylation sites is 1. The Morgan fingerprint density at radius 1 is 1.32 bits per heavy atom. The van der Waals surface area contributed by atoms with Crippen molar-refractivity contribution in [1.82, 2.24) is 9.38 Å². The number of hydrogen-bond acceptors (Lipinski definition) is 4. The molecule has 5 heteroatoms. The van der Waals surface area contributed by atoms with Gasteiger partial charge in [-0.15, -0.1) is 0 Å². The highest BCUT2D eigenvalue weighted by Crippen LogP contribution is 2.27. The molecule has 1 aliphatic heterocycles. The van der Waals surface area contributed by atoms with E-state index < -0.39 is 0 Å². The maximum Gasteiger partial charge on any atom is 0.237 e. The summed E-state index contributed by atoms with van der Waals surface area (Å²) in [6.45, 7) is 4.75. The Kier molecular flexibility index (Phi) is 2.07. The molecule has 4 nitrogen and oxygen atoms in total. The van der Waals surface area contributed by atoms with E-state index in [1.165, 1.54) is 10.2 Å². The van der Waals surface area contributed by atoms with Crippen molar-refractivity contribution in [3.63, 3.8) is 0 Å². The van der Waals surface area contributed by atoms with Crippen LogP contribution in [0, 0.1) is 0 Å². The Labute approximate surface area is 114 Å². The highest BCUT2D eigenvalue weighted by molar-refractivity contribution is 7.23. The average Bonchev–Trinajstić information content (AvgIpc) is 3.00. The monoisotopic (exact) mass is 271 g/mol. The highest BCUT2D eigenvalue weighted by atomic mass is 32.1. The van der Waals surface area contributed by atoms with Crippen molar-refractivity contribution in [2.24, 2.45) is 4.99 Å². The Morgan fingerprint density at radius 2 is 2.16 bits per heavy atom. The fourth-order valence-corrected chi connectivity index (χ4v) is 3.28. The Morgan fingerprint density at radius 3 is 2.95 bits per heavy atom. The molecular formula is C14H13N3OS. The molecule has 1 aromatic carbocycles. The Bertz CT molecular complexity index is 812.